The van der Waals surface area contributed by atoms with E-state index in [0.717, 1.165) is 12.8 Å². The predicted octanol–water partition coefficient (Wildman–Crippen LogP) is 2.44. The van der Waals surface area contributed by atoms with Crippen LogP contribution in [-0.2, 0) is 0 Å². The van der Waals surface area contributed by atoms with Crippen molar-refractivity contribution in [3.05, 3.63) is 0 Å². The molecule has 0 radical (unpaired) electrons. The molecule has 2 heteroatoms. The lowest BCUT2D eigenvalue weighted by Crippen LogP contribution is -2.43. The van der Waals surface area contributed by atoms with Crippen molar-refractivity contribution in [2.45, 2.75) is 59.7 Å². The molecule has 0 aromatic carbocycles. The summed E-state index contributed by atoms with van der Waals surface area (Å²) in [5.41, 5.74) is 0. The first-order chi connectivity index (χ1) is 6.57. The van der Waals surface area contributed by atoms with E-state index in [9.17, 15) is 10.2 Å². The van der Waals surface area contributed by atoms with Gasteiger partial charge in [0.1, 0.15) is 0 Å². The molecule has 0 bridgehead atoms. The van der Waals surface area contributed by atoms with Gasteiger partial charge in [-0.1, -0.05) is 41.0 Å². The zero-order valence-corrected chi connectivity index (χ0v) is 10.2. The third-order valence-electron chi connectivity index (χ3n) is 3.53. The molecule has 1 saturated carbocycles. The fourth-order valence-electron chi connectivity index (χ4n) is 2.16. The number of hydrogen-bond donors (Lipinski definition) is 2. The Morgan fingerprint density at radius 3 is 2.00 bits per heavy atom. The van der Waals surface area contributed by atoms with E-state index in [1.807, 2.05) is 27.7 Å². The molecule has 2 N–H and O–H groups in total. The molecule has 14 heavy (non-hydrogen) atoms. The summed E-state index contributed by atoms with van der Waals surface area (Å²) < 4.78 is 0. The van der Waals surface area contributed by atoms with Gasteiger partial charge in [0.25, 0.3) is 0 Å². The van der Waals surface area contributed by atoms with Crippen molar-refractivity contribution >= 4 is 0 Å². The third kappa shape index (κ3) is 2.96. The summed E-state index contributed by atoms with van der Waals surface area (Å²) in [6, 6.07) is 0. The third-order valence-corrected chi connectivity index (χ3v) is 3.53. The van der Waals surface area contributed by atoms with Gasteiger partial charge in [-0.3, -0.25) is 0 Å². The summed E-state index contributed by atoms with van der Waals surface area (Å²) in [6.45, 7) is 10.1. The molecular formula is C12H26O2. The highest BCUT2D eigenvalue weighted by atomic mass is 16.3. The summed E-state index contributed by atoms with van der Waals surface area (Å²) >= 11 is 0. The molecule has 0 heterocycles. The monoisotopic (exact) mass is 202 g/mol. The second-order valence-corrected chi connectivity index (χ2v) is 4.18. The van der Waals surface area contributed by atoms with E-state index in [1.165, 1.54) is 0 Å². The number of rotatable bonds is 1. The minimum Gasteiger partial charge on any atom is -0.393 e. The average molecular weight is 202 g/mol. The second-order valence-electron chi connectivity index (χ2n) is 4.18. The maximum absolute atomic E-state index is 9.81. The standard InChI is InChI=1S/C10H20O2.C2H6/c1-4-8-5-9(11)6(2)7(3)10(8)12;1-2/h6-12H,4-5H2,1-3H3;1-2H3. The van der Waals surface area contributed by atoms with Crippen LogP contribution in [0, 0.1) is 17.8 Å². The van der Waals surface area contributed by atoms with Gasteiger partial charge in [0.05, 0.1) is 12.2 Å². The fraction of sp³-hybridized carbons (Fsp3) is 1.00. The molecule has 86 valence electrons. The highest BCUT2D eigenvalue weighted by molar-refractivity contribution is 4.87. The maximum Gasteiger partial charge on any atom is 0.0598 e. The van der Waals surface area contributed by atoms with E-state index in [1.54, 1.807) is 0 Å². The van der Waals surface area contributed by atoms with Crippen molar-refractivity contribution in [3.63, 3.8) is 0 Å². The summed E-state index contributed by atoms with van der Waals surface area (Å²) in [6.07, 6.45) is 1.31. The van der Waals surface area contributed by atoms with E-state index >= 15 is 0 Å². The molecule has 1 fully saturated rings. The van der Waals surface area contributed by atoms with Crippen molar-refractivity contribution in [2.24, 2.45) is 17.8 Å². The number of hydrogen-bond acceptors (Lipinski definition) is 2. The van der Waals surface area contributed by atoms with Crippen molar-refractivity contribution in [1.29, 1.82) is 0 Å². The quantitative estimate of drug-likeness (QED) is 0.685. The lowest BCUT2D eigenvalue weighted by Gasteiger charge is -2.40. The predicted molar refractivity (Wildman–Crippen MR) is 60.1 cm³/mol. The molecule has 0 amide bonds. The first-order valence-electron chi connectivity index (χ1n) is 5.94. The minimum absolute atomic E-state index is 0.214. The number of aliphatic hydroxyl groups excluding tert-OH is 2. The van der Waals surface area contributed by atoms with Crippen LogP contribution in [0.15, 0.2) is 0 Å². The Morgan fingerprint density at radius 1 is 1.07 bits per heavy atom. The maximum atomic E-state index is 9.81. The Balaban J connectivity index is 0.000000791. The van der Waals surface area contributed by atoms with Gasteiger partial charge in [-0.15, -0.1) is 0 Å². The van der Waals surface area contributed by atoms with Gasteiger partial charge in [-0.2, -0.15) is 0 Å². The zero-order chi connectivity index (χ0) is 11.3. The van der Waals surface area contributed by atoms with Gasteiger partial charge in [0.15, 0.2) is 0 Å². The molecule has 5 unspecified atom stereocenters. The topological polar surface area (TPSA) is 40.5 Å². The molecule has 1 aliphatic rings. The van der Waals surface area contributed by atoms with Crippen LogP contribution in [0.25, 0.3) is 0 Å². The van der Waals surface area contributed by atoms with Crippen LogP contribution in [0.5, 0.6) is 0 Å². The molecule has 0 spiro atoms. The first-order valence-corrected chi connectivity index (χ1v) is 5.94. The SMILES string of the molecule is CC.CCC1CC(O)C(C)C(C)C1O. The lowest BCUT2D eigenvalue weighted by molar-refractivity contribution is -0.0677. The minimum atomic E-state index is -0.214. The van der Waals surface area contributed by atoms with E-state index in [-0.39, 0.29) is 24.0 Å². The smallest absolute Gasteiger partial charge is 0.0598 e. The van der Waals surface area contributed by atoms with Crippen LogP contribution in [0.1, 0.15) is 47.5 Å². The summed E-state index contributed by atoms with van der Waals surface area (Å²) in [4.78, 5) is 0. The van der Waals surface area contributed by atoms with E-state index in [2.05, 4.69) is 6.92 Å². The van der Waals surface area contributed by atoms with E-state index in [4.69, 9.17) is 0 Å². The van der Waals surface area contributed by atoms with Crippen molar-refractivity contribution in [3.8, 4) is 0 Å². The second kappa shape index (κ2) is 6.41. The summed E-state index contributed by atoms with van der Waals surface area (Å²) in [7, 11) is 0. The molecular weight excluding hydrogens is 176 g/mol. The summed E-state index contributed by atoms with van der Waals surface area (Å²) in [5.74, 6) is 0.771. The molecule has 0 aromatic heterocycles. The van der Waals surface area contributed by atoms with Gasteiger partial charge in [0, 0.05) is 0 Å². The molecule has 1 rings (SSSR count). The van der Waals surface area contributed by atoms with Crippen LogP contribution in [0.2, 0.25) is 0 Å². The van der Waals surface area contributed by atoms with Gasteiger partial charge in [0.2, 0.25) is 0 Å². The highest BCUT2D eigenvalue weighted by Gasteiger charge is 2.37. The molecule has 1 aliphatic carbocycles. The largest absolute Gasteiger partial charge is 0.393 e. The van der Waals surface area contributed by atoms with Crippen LogP contribution in [0.3, 0.4) is 0 Å². The molecule has 0 aliphatic heterocycles. The van der Waals surface area contributed by atoms with Crippen LogP contribution in [0.4, 0.5) is 0 Å². The van der Waals surface area contributed by atoms with Gasteiger partial charge < -0.3 is 10.2 Å². The molecule has 0 aromatic rings. The fourth-order valence-corrected chi connectivity index (χ4v) is 2.16. The van der Waals surface area contributed by atoms with Gasteiger partial charge in [-0.25, -0.2) is 0 Å². The Hall–Kier alpha value is -0.0800. The Morgan fingerprint density at radius 2 is 1.57 bits per heavy atom. The molecule has 5 atom stereocenters. The highest BCUT2D eigenvalue weighted by Crippen LogP contribution is 2.35. The summed E-state index contributed by atoms with van der Waals surface area (Å²) in [5, 5.41) is 19.5. The van der Waals surface area contributed by atoms with Crippen LogP contribution in [-0.4, -0.2) is 22.4 Å². The van der Waals surface area contributed by atoms with Crippen molar-refractivity contribution in [2.75, 3.05) is 0 Å². The normalized spacial score (nSPS) is 42.6. The lowest BCUT2D eigenvalue weighted by atomic mass is 9.71. The van der Waals surface area contributed by atoms with E-state index < -0.39 is 0 Å². The molecule has 0 saturated heterocycles. The van der Waals surface area contributed by atoms with Crippen LogP contribution >= 0.6 is 0 Å². The Labute approximate surface area is 88.3 Å². The van der Waals surface area contributed by atoms with Gasteiger partial charge in [-0.05, 0) is 24.2 Å². The molecule has 2 nitrogen and oxygen atoms in total. The Kier molecular flexibility index (Phi) is 6.38. The zero-order valence-electron chi connectivity index (χ0n) is 10.2. The van der Waals surface area contributed by atoms with Crippen molar-refractivity contribution < 1.29 is 10.2 Å². The van der Waals surface area contributed by atoms with Crippen LogP contribution < -0.4 is 0 Å². The average Bonchev–Trinajstić information content (AvgIpc) is 2.23. The van der Waals surface area contributed by atoms with Crippen molar-refractivity contribution in [1.82, 2.24) is 0 Å². The van der Waals surface area contributed by atoms with E-state index in [0.29, 0.717) is 5.92 Å². The van der Waals surface area contributed by atoms with Gasteiger partial charge >= 0.3 is 0 Å². The number of aliphatic hydroxyl groups is 2. The Bertz CT molecular complexity index is 143. The first kappa shape index (κ1) is 13.9.